The number of benzene rings is 2. The molecule has 0 amide bonds. The van der Waals surface area contributed by atoms with Gasteiger partial charge in [-0.3, -0.25) is 4.79 Å². The molecule has 0 aliphatic rings. The number of fused-ring (bicyclic) bond motifs is 1. The third-order valence-corrected chi connectivity index (χ3v) is 3.06. The number of H-pyrrole nitrogens is 1. The van der Waals surface area contributed by atoms with Crippen molar-refractivity contribution >= 4 is 28.0 Å². The minimum atomic E-state index is -0.510. The first-order valence-corrected chi connectivity index (χ1v) is 6.27. The van der Waals surface area contributed by atoms with E-state index in [1.165, 1.54) is 0 Å². The van der Waals surface area contributed by atoms with Crippen LogP contribution in [0.4, 0.5) is 17.1 Å². The van der Waals surface area contributed by atoms with Crippen molar-refractivity contribution in [3.05, 3.63) is 58.9 Å². The smallest absolute Gasteiger partial charge is 0.280 e. The van der Waals surface area contributed by atoms with Gasteiger partial charge in [0.2, 0.25) is 0 Å². The molecule has 0 saturated heterocycles. The summed E-state index contributed by atoms with van der Waals surface area (Å²) in [5, 5.41) is 18.4. The number of nitrogen functional groups attached to an aromatic ring is 1. The van der Waals surface area contributed by atoms with Crippen LogP contribution < -0.4 is 11.3 Å². The lowest BCUT2D eigenvalue weighted by Gasteiger charge is -2.03. The van der Waals surface area contributed by atoms with E-state index in [0.29, 0.717) is 22.3 Å². The molecule has 6 nitrogen and oxygen atoms in total. The minimum Gasteiger partial charge on any atom is -0.505 e. The number of para-hydroxylation sites is 2. The Morgan fingerprint density at radius 3 is 2.52 bits per heavy atom. The fourth-order valence-electron chi connectivity index (χ4n) is 1.99. The topological polar surface area (TPSA) is 104 Å². The summed E-state index contributed by atoms with van der Waals surface area (Å²) in [4.78, 5) is 14.6. The van der Waals surface area contributed by atoms with Crippen molar-refractivity contribution in [2.45, 2.75) is 0 Å². The Kier molecular flexibility index (Phi) is 3.12. The first-order valence-electron chi connectivity index (χ1n) is 6.27. The lowest BCUT2D eigenvalue weighted by molar-refractivity contribution is 0.481. The molecule has 0 unspecified atom stereocenters. The van der Waals surface area contributed by atoms with Crippen molar-refractivity contribution in [2.75, 3.05) is 5.73 Å². The van der Waals surface area contributed by atoms with Crippen LogP contribution in [0.15, 0.2) is 63.6 Å². The van der Waals surface area contributed by atoms with Gasteiger partial charge in [0.25, 0.3) is 5.56 Å². The number of nitrogens with two attached hydrogens (primary N) is 1. The highest BCUT2D eigenvalue weighted by atomic mass is 16.3. The number of aromatic nitrogens is 1. The fraction of sp³-hybridized carbons (Fsp3) is 0. The number of hydrogen-bond acceptors (Lipinski definition) is 5. The normalized spacial score (nSPS) is 11.2. The van der Waals surface area contributed by atoms with Gasteiger partial charge in [-0.2, -0.15) is 0 Å². The zero-order valence-corrected chi connectivity index (χ0v) is 10.9. The van der Waals surface area contributed by atoms with E-state index in [1.54, 1.807) is 48.5 Å². The highest BCUT2D eigenvalue weighted by molar-refractivity contribution is 5.88. The second-order valence-corrected chi connectivity index (χ2v) is 4.46. The molecule has 0 atom stereocenters. The zero-order valence-electron chi connectivity index (χ0n) is 10.9. The molecule has 6 heteroatoms. The number of aromatic amines is 1. The SMILES string of the molecule is Nc1ccccc1N=Nc1c(O)c2ccccc2[nH]c1=O. The lowest BCUT2D eigenvalue weighted by Crippen LogP contribution is -2.04. The average molecular weight is 280 g/mol. The molecule has 0 spiro atoms. The van der Waals surface area contributed by atoms with E-state index >= 15 is 0 Å². The summed E-state index contributed by atoms with van der Waals surface area (Å²) in [5.74, 6) is -0.201. The van der Waals surface area contributed by atoms with Crippen molar-refractivity contribution in [2.24, 2.45) is 10.2 Å². The Morgan fingerprint density at radius 2 is 1.71 bits per heavy atom. The highest BCUT2D eigenvalue weighted by Gasteiger charge is 2.11. The van der Waals surface area contributed by atoms with E-state index in [1.807, 2.05) is 0 Å². The van der Waals surface area contributed by atoms with Gasteiger partial charge in [-0.25, -0.2) is 0 Å². The van der Waals surface area contributed by atoms with Crippen LogP contribution in [0.1, 0.15) is 0 Å². The highest BCUT2D eigenvalue weighted by Crippen LogP contribution is 2.31. The number of nitrogens with zero attached hydrogens (tertiary/aromatic N) is 2. The Bertz CT molecular complexity index is 900. The molecule has 3 aromatic rings. The van der Waals surface area contributed by atoms with Gasteiger partial charge in [0.1, 0.15) is 5.69 Å². The average Bonchev–Trinajstić information content (AvgIpc) is 2.49. The monoisotopic (exact) mass is 280 g/mol. The first kappa shape index (κ1) is 12.9. The molecule has 4 N–H and O–H groups in total. The van der Waals surface area contributed by atoms with Crippen LogP contribution in [-0.2, 0) is 0 Å². The van der Waals surface area contributed by atoms with E-state index in [0.717, 1.165) is 0 Å². The molecule has 0 radical (unpaired) electrons. The number of rotatable bonds is 2. The molecule has 2 aromatic carbocycles. The summed E-state index contributed by atoms with van der Waals surface area (Å²) >= 11 is 0. The number of nitrogens with one attached hydrogen (secondary N) is 1. The summed E-state index contributed by atoms with van der Waals surface area (Å²) in [7, 11) is 0. The quantitative estimate of drug-likeness (QED) is 0.495. The largest absolute Gasteiger partial charge is 0.505 e. The molecule has 1 aromatic heterocycles. The summed E-state index contributed by atoms with van der Waals surface area (Å²) in [6.07, 6.45) is 0. The molecular formula is C15H12N4O2. The van der Waals surface area contributed by atoms with Crippen LogP contribution in [-0.4, -0.2) is 10.1 Å². The van der Waals surface area contributed by atoms with Crippen molar-refractivity contribution in [1.29, 1.82) is 0 Å². The third-order valence-electron chi connectivity index (χ3n) is 3.06. The second-order valence-electron chi connectivity index (χ2n) is 4.46. The Hall–Kier alpha value is -3.15. The van der Waals surface area contributed by atoms with Gasteiger partial charge in [-0.1, -0.05) is 24.3 Å². The molecule has 0 aliphatic carbocycles. The molecule has 0 saturated carbocycles. The fourth-order valence-corrected chi connectivity index (χ4v) is 1.99. The molecule has 21 heavy (non-hydrogen) atoms. The van der Waals surface area contributed by atoms with Gasteiger partial charge in [-0.15, -0.1) is 10.2 Å². The Balaban J connectivity index is 2.13. The number of pyridine rings is 1. The maximum absolute atomic E-state index is 12.0. The molecule has 0 fully saturated rings. The van der Waals surface area contributed by atoms with Crippen molar-refractivity contribution < 1.29 is 5.11 Å². The van der Waals surface area contributed by atoms with Gasteiger partial charge in [0.15, 0.2) is 11.4 Å². The molecule has 104 valence electrons. The van der Waals surface area contributed by atoms with Gasteiger partial charge < -0.3 is 15.8 Å². The number of aromatic hydroxyl groups is 1. The van der Waals surface area contributed by atoms with Gasteiger partial charge in [0, 0.05) is 5.39 Å². The minimum absolute atomic E-state index is 0.142. The van der Waals surface area contributed by atoms with E-state index < -0.39 is 5.56 Å². The summed E-state index contributed by atoms with van der Waals surface area (Å²) in [6, 6.07) is 13.8. The summed E-state index contributed by atoms with van der Waals surface area (Å²) in [5.41, 5.74) is 6.51. The van der Waals surface area contributed by atoms with Crippen LogP contribution in [0, 0.1) is 0 Å². The molecule has 1 heterocycles. The Labute approximate surface area is 119 Å². The zero-order chi connectivity index (χ0) is 14.8. The van der Waals surface area contributed by atoms with E-state index in [-0.39, 0.29) is 11.4 Å². The molecule has 3 rings (SSSR count). The predicted octanol–water partition coefficient (Wildman–Crippen LogP) is 3.23. The maximum atomic E-state index is 12.0. The van der Waals surface area contributed by atoms with Gasteiger partial charge in [-0.05, 0) is 24.3 Å². The first-order chi connectivity index (χ1) is 10.2. The van der Waals surface area contributed by atoms with Crippen LogP contribution in [0.2, 0.25) is 0 Å². The standard InChI is InChI=1S/C15H12N4O2/c16-10-6-2-4-8-12(10)18-19-13-14(20)9-5-1-3-7-11(9)17-15(13)21/h1-8H,16H2,(H2,17,20,21). The van der Waals surface area contributed by atoms with Gasteiger partial charge >= 0.3 is 0 Å². The molecular weight excluding hydrogens is 268 g/mol. The predicted molar refractivity (Wildman–Crippen MR) is 81.3 cm³/mol. The van der Waals surface area contributed by atoms with Crippen LogP contribution in [0.5, 0.6) is 5.75 Å². The number of hydrogen-bond donors (Lipinski definition) is 3. The molecule has 0 bridgehead atoms. The number of azo groups is 1. The summed E-state index contributed by atoms with van der Waals surface area (Å²) in [6.45, 7) is 0. The van der Waals surface area contributed by atoms with Crippen LogP contribution >= 0.6 is 0 Å². The maximum Gasteiger partial charge on any atom is 0.280 e. The van der Waals surface area contributed by atoms with E-state index in [2.05, 4.69) is 15.2 Å². The van der Waals surface area contributed by atoms with Crippen LogP contribution in [0.3, 0.4) is 0 Å². The molecule has 0 aliphatic heterocycles. The third kappa shape index (κ3) is 2.34. The second kappa shape index (κ2) is 5.09. The van der Waals surface area contributed by atoms with Crippen molar-refractivity contribution in [3.63, 3.8) is 0 Å². The van der Waals surface area contributed by atoms with Crippen molar-refractivity contribution in [1.82, 2.24) is 4.98 Å². The lowest BCUT2D eigenvalue weighted by atomic mass is 10.2. The van der Waals surface area contributed by atoms with E-state index in [4.69, 9.17) is 5.73 Å². The van der Waals surface area contributed by atoms with Gasteiger partial charge in [0.05, 0.1) is 11.2 Å². The number of anilines is 1. The van der Waals surface area contributed by atoms with Crippen LogP contribution in [0.25, 0.3) is 10.9 Å². The van der Waals surface area contributed by atoms with E-state index in [9.17, 15) is 9.90 Å². The summed E-state index contributed by atoms with van der Waals surface area (Å²) < 4.78 is 0. The van der Waals surface area contributed by atoms with Crippen molar-refractivity contribution in [3.8, 4) is 5.75 Å². The Morgan fingerprint density at radius 1 is 1.00 bits per heavy atom.